The van der Waals surface area contributed by atoms with Crippen molar-refractivity contribution in [3.05, 3.63) is 60.2 Å². The zero-order chi connectivity index (χ0) is 20.1. The molecule has 2 aromatic carbocycles. The zero-order valence-electron chi connectivity index (χ0n) is 16.0. The van der Waals surface area contributed by atoms with Crippen molar-refractivity contribution < 1.29 is 23.8 Å². The molecule has 1 fully saturated rings. The molecule has 0 saturated carbocycles. The number of esters is 1. The van der Waals surface area contributed by atoms with Crippen molar-refractivity contribution in [2.24, 2.45) is 0 Å². The lowest BCUT2D eigenvalue weighted by Crippen LogP contribution is -2.49. The molecule has 1 saturated heterocycles. The van der Waals surface area contributed by atoms with Crippen molar-refractivity contribution in [3.63, 3.8) is 0 Å². The Bertz CT molecular complexity index is 905. The summed E-state index contributed by atoms with van der Waals surface area (Å²) in [5.41, 5.74) is 1.94. The molecule has 2 heterocycles. The normalized spacial score (nSPS) is 15.6. The summed E-state index contributed by atoms with van der Waals surface area (Å²) < 4.78 is 15.6. The fraction of sp³-hybridized carbons (Fsp3) is 0.273. The predicted octanol–water partition coefficient (Wildman–Crippen LogP) is 2.32. The van der Waals surface area contributed by atoms with E-state index in [-0.39, 0.29) is 19.3 Å². The van der Waals surface area contributed by atoms with Crippen LogP contribution in [0.25, 0.3) is 6.08 Å². The van der Waals surface area contributed by atoms with E-state index < -0.39 is 5.97 Å². The van der Waals surface area contributed by atoms with Crippen LogP contribution < -0.4 is 14.4 Å². The number of hydrogen-bond acceptors (Lipinski definition) is 6. The first kappa shape index (κ1) is 18.9. The topological polar surface area (TPSA) is 68.3 Å². The first-order valence-electron chi connectivity index (χ1n) is 9.51. The third-order valence-electron chi connectivity index (χ3n) is 4.90. The number of para-hydroxylation sites is 1. The van der Waals surface area contributed by atoms with E-state index in [1.54, 1.807) is 23.1 Å². The molecule has 4 rings (SSSR count). The van der Waals surface area contributed by atoms with Gasteiger partial charge in [0, 0.05) is 37.9 Å². The van der Waals surface area contributed by atoms with Crippen LogP contribution >= 0.6 is 0 Å². The maximum Gasteiger partial charge on any atom is 0.331 e. The Balaban J connectivity index is 1.22. The van der Waals surface area contributed by atoms with Gasteiger partial charge >= 0.3 is 5.97 Å². The molecule has 29 heavy (non-hydrogen) atoms. The number of benzene rings is 2. The van der Waals surface area contributed by atoms with Gasteiger partial charge in [0.15, 0.2) is 18.1 Å². The zero-order valence-corrected chi connectivity index (χ0v) is 16.0. The van der Waals surface area contributed by atoms with Gasteiger partial charge in [-0.25, -0.2) is 4.79 Å². The summed E-state index contributed by atoms with van der Waals surface area (Å²) in [4.78, 5) is 28.2. The number of amides is 1. The first-order chi connectivity index (χ1) is 14.2. The Morgan fingerprint density at radius 3 is 2.52 bits per heavy atom. The van der Waals surface area contributed by atoms with Crippen LogP contribution in [-0.2, 0) is 14.3 Å². The number of piperazine rings is 1. The number of rotatable bonds is 5. The standard InChI is InChI=1S/C22H22N2O5/c25-21(24-12-10-23(11-13-24)18-4-2-1-3-5-18)15-27-22(26)9-7-17-6-8-19-20(14-17)29-16-28-19/h1-9,14H,10-13,15-16H2. The molecule has 0 unspecified atom stereocenters. The van der Waals surface area contributed by atoms with Crippen molar-refractivity contribution >= 4 is 23.6 Å². The van der Waals surface area contributed by atoms with E-state index in [0.29, 0.717) is 24.6 Å². The molecule has 0 N–H and O–H groups in total. The monoisotopic (exact) mass is 394 g/mol. The summed E-state index contributed by atoms with van der Waals surface area (Å²) >= 11 is 0. The molecule has 0 atom stereocenters. The lowest BCUT2D eigenvalue weighted by Gasteiger charge is -2.36. The smallest absolute Gasteiger partial charge is 0.331 e. The minimum atomic E-state index is -0.557. The van der Waals surface area contributed by atoms with Gasteiger partial charge in [-0.05, 0) is 35.9 Å². The summed E-state index contributed by atoms with van der Waals surface area (Å²) in [6.07, 6.45) is 2.92. The highest BCUT2D eigenvalue weighted by Crippen LogP contribution is 2.32. The molecule has 7 nitrogen and oxygen atoms in total. The van der Waals surface area contributed by atoms with E-state index in [2.05, 4.69) is 17.0 Å². The number of ether oxygens (including phenoxy) is 3. The third-order valence-corrected chi connectivity index (χ3v) is 4.90. The van der Waals surface area contributed by atoms with Crippen LogP contribution in [0.2, 0.25) is 0 Å². The fourth-order valence-electron chi connectivity index (χ4n) is 3.31. The number of fused-ring (bicyclic) bond motifs is 1. The Kier molecular flexibility index (Phi) is 5.65. The second-order valence-electron chi connectivity index (χ2n) is 6.76. The van der Waals surface area contributed by atoms with Crippen molar-refractivity contribution in [3.8, 4) is 11.5 Å². The van der Waals surface area contributed by atoms with E-state index in [0.717, 1.165) is 24.3 Å². The van der Waals surface area contributed by atoms with Crippen LogP contribution in [0.1, 0.15) is 5.56 Å². The third kappa shape index (κ3) is 4.68. The molecule has 0 radical (unpaired) electrons. The average molecular weight is 394 g/mol. The molecule has 0 aliphatic carbocycles. The number of carbonyl (C=O) groups excluding carboxylic acids is 2. The van der Waals surface area contributed by atoms with Gasteiger partial charge in [-0.3, -0.25) is 4.79 Å². The molecular formula is C22H22N2O5. The number of hydrogen-bond donors (Lipinski definition) is 0. The summed E-state index contributed by atoms with van der Waals surface area (Å²) in [6, 6.07) is 15.5. The second-order valence-corrected chi connectivity index (χ2v) is 6.76. The highest BCUT2D eigenvalue weighted by molar-refractivity contribution is 5.89. The summed E-state index contributed by atoms with van der Waals surface area (Å²) in [7, 11) is 0. The van der Waals surface area contributed by atoms with Gasteiger partial charge in [-0.15, -0.1) is 0 Å². The predicted molar refractivity (Wildman–Crippen MR) is 108 cm³/mol. The largest absolute Gasteiger partial charge is 0.454 e. The van der Waals surface area contributed by atoms with Gasteiger partial charge < -0.3 is 24.0 Å². The Morgan fingerprint density at radius 1 is 0.966 bits per heavy atom. The molecule has 0 bridgehead atoms. The van der Waals surface area contributed by atoms with E-state index in [1.165, 1.54) is 6.08 Å². The number of nitrogens with zero attached hydrogens (tertiary/aromatic N) is 2. The Labute approximate surface area is 169 Å². The second kappa shape index (κ2) is 8.68. The van der Waals surface area contributed by atoms with E-state index in [1.807, 2.05) is 24.3 Å². The van der Waals surface area contributed by atoms with E-state index >= 15 is 0 Å². The molecule has 7 heteroatoms. The van der Waals surface area contributed by atoms with Crippen LogP contribution in [0.4, 0.5) is 5.69 Å². The summed E-state index contributed by atoms with van der Waals surface area (Å²) in [5, 5.41) is 0. The van der Waals surface area contributed by atoms with Gasteiger partial charge in [0.25, 0.3) is 5.91 Å². The minimum absolute atomic E-state index is 0.178. The quantitative estimate of drug-likeness (QED) is 0.573. The molecule has 2 aliphatic heterocycles. The van der Waals surface area contributed by atoms with Gasteiger partial charge in [0.1, 0.15) is 0 Å². The lowest BCUT2D eigenvalue weighted by molar-refractivity contribution is -0.148. The van der Waals surface area contributed by atoms with Crippen LogP contribution in [0.15, 0.2) is 54.6 Å². The van der Waals surface area contributed by atoms with Crippen LogP contribution in [0.5, 0.6) is 11.5 Å². The maximum atomic E-state index is 12.3. The molecule has 0 aromatic heterocycles. The van der Waals surface area contributed by atoms with Gasteiger partial charge in [0.2, 0.25) is 6.79 Å². The minimum Gasteiger partial charge on any atom is -0.454 e. The lowest BCUT2D eigenvalue weighted by atomic mass is 10.2. The van der Waals surface area contributed by atoms with E-state index in [9.17, 15) is 9.59 Å². The summed E-state index contributed by atoms with van der Waals surface area (Å²) in [6.45, 7) is 2.68. The van der Waals surface area contributed by atoms with Crippen LogP contribution in [-0.4, -0.2) is 56.4 Å². The first-order valence-corrected chi connectivity index (χ1v) is 9.51. The molecular weight excluding hydrogens is 372 g/mol. The SMILES string of the molecule is O=C(C=Cc1ccc2c(c1)OCO2)OCC(=O)N1CCN(c2ccccc2)CC1. The Morgan fingerprint density at radius 2 is 1.72 bits per heavy atom. The Hall–Kier alpha value is -3.48. The van der Waals surface area contributed by atoms with Crippen LogP contribution in [0, 0.1) is 0 Å². The molecule has 2 aliphatic rings. The summed E-state index contributed by atoms with van der Waals surface area (Å²) in [5.74, 6) is 0.592. The van der Waals surface area contributed by atoms with Crippen molar-refractivity contribution in [2.75, 3.05) is 44.5 Å². The van der Waals surface area contributed by atoms with Gasteiger partial charge in [0.05, 0.1) is 0 Å². The number of carbonyl (C=O) groups is 2. The van der Waals surface area contributed by atoms with Gasteiger partial charge in [-0.1, -0.05) is 24.3 Å². The maximum absolute atomic E-state index is 12.3. The highest BCUT2D eigenvalue weighted by Gasteiger charge is 2.22. The van der Waals surface area contributed by atoms with Crippen LogP contribution in [0.3, 0.4) is 0 Å². The highest BCUT2D eigenvalue weighted by atomic mass is 16.7. The van der Waals surface area contributed by atoms with Gasteiger partial charge in [-0.2, -0.15) is 0 Å². The fourth-order valence-corrected chi connectivity index (χ4v) is 3.31. The molecule has 150 valence electrons. The van der Waals surface area contributed by atoms with E-state index in [4.69, 9.17) is 14.2 Å². The molecule has 2 aromatic rings. The number of anilines is 1. The average Bonchev–Trinajstić information content (AvgIpc) is 3.24. The van der Waals surface area contributed by atoms with Crippen molar-refractivity contribution in [1.82, 2.24) is 4.90 Å². The molecule has 0 spiro atoms. The van der Waals surface area contributed by atoms with Crippen molar-refractivity contribution in [1.29, 1.82) is 0 Å². The van der Waals surface area contributed by atoms with Crippen molar-refractivity contribution in [2.45, 2.75) is 0 Å². The molecule has 1 amide bonds.